The highest BCUT2D eigenvalue weighted by molar-refractivity contribution is 7.98. The van der Waals surface area contributed by atoms with Crippen LogP contribution in [0.15, 0.2) is 106 Å². The Hall–Kier alpha value is -3.80. The lowest BCUT2D eigenvalue weighted by atomic mass is 10.1. The van der Waals surface area contributed by atoms with Crippen LogP contribution in [0.4, 0.5) is 17.1 Å². The lowest BCUT2D eigenvalue weighted by Gasteiger charge is -2.24. The van der Waals surface area contributed by atoms with Crippen molar-refractivity contribution in [1.82, 2.24) is 0 Å². The Bertz CT molecular complexity index is 1750. The fourth-order valence-corrected chi connectivity index (χ4v) is 6.95. The van der Waals surface area contributed by atoms with Gasteiger partial charge in [-0.25, -0.2) is 16.8 Å². The smallest absolute Gasteiger partial charge is 0.264 e. The Labute approximate surface area is 245 Å². The van der Waals surface area contributed by atoms with Gasteiger partial charge in [0.1, 0.15) is 6.54 Å². The van der Waals surface area contributed by atoms with E-state index in [4.69, 9.17) is 0 Å². The van der Waals surface area contributed by atoms with E-state index < -0.39 is 32.5 Å². The second-order valence-electron chi connectivity index (χ2n) is 9.52. The van der Waals surface area contributed by atoms with Crippen LogP contribution in [0.5, 0.6) is 0 Å². The fraction of sp³-hybridized carbons (Fsp3) is 0.167. The molecule has 0 unspecified atom stereocenters. The predicted molar refractivity (Wildman–Crippen MR) is 166 cm³/mol. The molecule has 0 heterocycles. The Kier molecular flexibility index (Phi) is 9.11. The second-order valence-corrected chi connectivity index (χ2v) is 13.9. The zero-order valence-electron chi connectivity index (χ0n) is 23.1. The van der Waals surface area contributed by atoms with E-state index in [1.807, 2.05) is 39.2 Å². The SMILES string of the molecule is CSc1ccc(S(=O)(=O)N(CC(=O)Nc2ccc(S(=O)(=O)Nc3cc(C)ccc3C)cc2)c2ccc(C)cc2)cc1. The van der Waals surface area contributed by atoms with Gasteiger partial charge in [0.2, 0.25) is 5.91 Å². The molecule has 0 atom stereocenters. The number of amides is 1. The maximum atomic E-state index is 13.6. The van der Waals surface area contributed by atoms with Crippen LogP contribution in [-0.2, 0) is 24.8 Å². The highest BCUT2D eigenvalue weighted by atomic mass is 32.2. The standard InChI is InChI=1S/C30H31N3O5S3/c1-21-6-11-25(12-7-21)33(41(37,38)28-17-13-26(39-4)14-18-28)20-30(34)31-24-9-15-27(16-10-24)40(35,36)32-29-19-22(2)5-8-23(29)3/h5-19,32H,20H2,1-4H3,(H,31,34). The number of aryl methyl sites for hydroxylation is 3. The average molecular weight is 610 g/mol. The van der Waals surface area contributed by atoms with Gasteiger partial charge in [-0.2, -0.15) is 0 Å². The number of nitrogens with one attached hydrogen (secondary N) is 2. The van der Waals surface area contributed by atoms with E-state index in [1.165, 1.54) is 48.2 Å². The van der Waals surface area contributed by atoms with Crippen LogP contribution in [0.1, 0.15) is 16.7 Å². The van der Waals surface area contributed by atoms with Crippen molar-refractivity contribution in [3.8, 4) is 0 Å². The van der Waals surface area contributed by atoms with E-state index in [-0.39, 0.29) is 9.79 Å². The lowest BCUT2D eigenvalue weighted by molar-refractivity contribution is -0.114. The van der Waals surface area contributed by atoms with Gasteiger partial charge in [-0.3, -0.25) is 13.8 Å². The first-order valence-electron chi connectivity index (χ1n) is 12.6. The van der Waals surface area contributed by atoms with Crippen LogP contribution >= 0.6 is 11.8 Å². The summed E-state index contributed by atoms with van der Waals surface area (Å²) in [5, 5.41) is 2.68. The minimum absolute atomic E-state index is 0.0222. The van der Waals surface area contributed by atoms with Gasteiger partial charge in [0.25, 0.3) is 20.0 Å². The summed E-state index contributed by atoms with van der Waals surface area (Å²) in [5.41, 5.74) is 3.82. The van der Waals surface area contributed by atoms with Crippen LogP contribution in [0.2, 0.25) is 0 Å². The van der Waals surface area contributed by atoms with Gasteiger partial charge >= 0.3 is 0 Å². The first-order valence-corrected chi connectivity index (χ1v) is 16.8. The van der Waals surface area contributed by atoms with Crippen molar-refractivity contribution in [2.45, 2.75) is 35.5 Å². The molecule has 0 fully saturated rings. The van der Waals surface area contributed by atoms with Crippen molar-refractivity contribution in [3.63, 3.8) is 0 Å². The van der Waals surface area contributed by atoms with Crippen molar-refractivity contribution in [2.75, 3.05) is 27.1 Å². The topological polar surface area (TPSA) is 113 Å². The van der Waals surface area contributed by atoms with Crippen molar-refractivity contribution >= 4 is 54.8 Å². The maximum Gasteiger partial charge on any atom is 0.264 e. The molecular weight excluding hydrogens is 579 g/mol. The molecule has 0 radical (unpaired) electrons. The molecule has 0 aliphatic rings. The zero-order chi connectivity index (χ0) is 29.8. The summed E-state index contributed by atoms with van der Waals surface area (Å²) in [6, 6.07) is 24.5. The first kappa shape index (κ1) is 30.2. The van der Waals surface area contributed by atoms with Crippen molar-refractivity contribution < 1.29 is 21.6 Å². The molecule has 0 saturated heterocycles. The highest BCUT2D eigenvalue weighted by Gasteiger charge is 2.27. The number of nitrogens with zero attached hydrogens (tertiary/aromatic N) is 1. The molecule has 2 N–H and O–H groups in total. The Morgan fingerprint density at radius 3 is 1.95 bits per heavy atom. The van der Waals surface area contributed by atoms with Gasteiger partial charge < -0.3 is 5.32 Å². The third-order valence-electron chi connectivity index (χ3n) is 6.34. The zero-order valence-corrected chi connectivity index (χ0v) is 25.5. The largest absolute Gasteiger partial charge is 0.325 e. The van der Waals surface area contributed by atoms with Crippen molar-refractivity contribution in [2.24, 2.45) is 0 Å². The van der Waals surface area contributed by atoms with E-state index in [0.717, 1.165) is 25.9 Å². The number of carbonyl (C=O) groups is 1. The molecule has 0 spiro atoms. The Balaban J connectivity index is 1.53. The number of anilines is 3. The second kappa shape index (κ2) is 12.4. The summed E-state index contributed by atoms with van der Waals surface area (Å²) in [6.45, 7) is 5.10. The number of hydrogen-bond acceptors (Lipinski definition) is 6. The minimum Gasteiger partial charge on any atom is -0.325 e. The fourth-order valence-electron chi connectivity index (χ4n) is 4.00. The number of sulfonamides is 2. The third kappa shape index (κ3) is 7.29. The number of hydrogen-bond donors (Lipinski definition) is 2. The molecule has 8 nitrogen and oxygen atoms in total. The lowest BCUT2D eigenvalue weighted by Crippen LogP contribution is -2.38. The predicted octanol–water partition coefficient (Wildman–Crippen LogP) is 5.97. The van der Waals surface area contributed by atoms with Gasteiger partial charge in [-0.05, 0) is 105 Å². The maximum absolute atomic E-state index is 13.6. The molecular formula is C30H31N3O5S3. The van der Waals surface area contributed by atoms with Gasteiger partial charge in [0.15, 0.2) is 0 Å². The van der Waals surface area contributed by atoms with Crippen LogP contribution in [-0.4, -0.2) is 35.5 Å². The monoisotopic (exact) mass is 609 g/mol. The molecule has 0 aliphatic carbocycles. The molecule has 0 saturated carbocycles. The van der Waals surface area contributed by atoms with Crippen LogP contribution < -0.4 is 14.3 Å². The molecule has 0 aliphatic heterocycles. The summed E-state index contributed by atoms with van der Waals surface area (Å²) in [6.07, 6.45) is 1.90. The van der Waals surface area contributed by atoms with Gasteiger partial charge in [0.05, 0.1) is 21.2 Å². The normalized spacial score (nSPS) is 11.6. The van der Waals surface area contributed by atoms with E-state index >= 15 is 0 Å². The minimum atomic E-state index is -4.07. The van der Waals surface area contributed by atoms with E-state index in [2.05, 4.69) is 10.0 Å². The van der Waals surface area contributed by atoms with Gasteiger partial charge in [-0.1, -0.05) is 29.8 Å². The summed E-state index contributed by atoms with van der Waals surface area (Å²) in [7, 11) is -7.93. The number of carbonyl (C=O) groups excluding carboxylic acids is 1. The molecule has 0 bridgehead atoms. The third-order valence-corrected chi connectivity index (χ3v) is 10.3. The van der Waals surface area contributed by atoms with E-state index in [0.29, 0.717) is 17.1 Å². The molecule has 1 amide bonds. The molecule has 214 valence electrons. The summed E-state index contributed by atoms with van der Waals surface area (Å²) in [5.74, 6) is -0.584. The van der Waals surface area contributed by atoms with Crippen LogP contribution in [0, 0.1) is 20.8 Å². The number of thioether (sulfide) groups is 1. The molecule has 41 heavy (non-hydrogen) atoms. The highest BCUT2D eigenvalue weighted by Crippen LogP contribution is 2.27. The molecule has 11 heteroatoms. The van der Waals surface area contributed by atoms with Gasteiger partial charge in [-0.15, -0.1) is 11.8 Å². The summed E-state index contributed by atoms with van der Waals surface area (Å²) in [4.78, 5) is 14.1. The molecule has 0 aromatic heterocycles. The van der Waals surface area contributed by atoms with E-state index in [1.54, 1.807) is 42.5 Å². The summed E-state index contributed by atoms with van der Waals surface area (Å²) < 4.78 is 56.8. The molecule has 4 aromatic rings. The van der Waals surface area contributed by atoms with Crippen molar-refractivity contribution in [1.29, 1.82) is 0 Å². The quantitative estimate of drug-likeness (QED) is 0.214. The number of rotatable bonds is 10. The van der Waals surface area contributed by atoms with Gasteiger partial charge in [0, 0.05) is 10.6 Å². The Morgan fingerprint density at radius 1 is 0.756 bits per heavy atom. The van der Waals surface area contributed by atoms with Crippen molar-refractivity contribution in [3.05, 3.63) is 108 Å². The first-order chi connectivity index (χ1) is 19.4. The number of benzene rings is 4. The summed E-state index contributed by atoms with van der Waals surface area (Å²) >= 11 is 1.50. The molecule has 4 rings (SSSR count). The average Bonchev–Trinajstić information content (AvgIpc) is 2.94. The van der Waals surface area contributed by atoms with Crippen LogP contribution in [0.25, 0.3) is 0 Å². The van der Waals surface area contributed by atoms with Crippen LogP contribution in [0.3, 0.4) is 0 Å². The molecule has 4 aromatic carbocycles. The Morgan fingerprint density at radius 2 is 1.34 bits per heavy atom. The van der Waals surface area contributed by atoms with E-state index in [9.17, 15) is 21.6 Å².